The first kappa shape index (κ1) is 22.6. The van der Waals surface area contributed by atoms with Gasteiger partial charge in [0.2, 0.25) is 0 Å². The van der Waals surface area contributed by atoms with E-state index in [1.54, 1.807) is 25.1 Å². The zero-order valence-corrected chi connectivity index (χ0v) is 20.0. The number of halogens is 2. The number of aromatic carboxylic acids is 1. The smallest absolute Gasteiger partial charge is 0.335 e. The largest absolute Gasteiger partial charge is 0.478 e. The molecule has 11 heteroatoms. The van der Waals surface area contributed by atoms with Gasteiger partial charge in [0.05, 0.1) is 27.5 Å². The number of benzene rings is 2. The first-order valence-electron chi connectivity index (χ1n) is 9.34. The number of non-ortho nitro benzene ring substituents is 1. The van der Waals surface area contributed by atoms with E-state index in [2.05, 4.69) is 37.0 Å². The molecule has 3 aromatic rings. The number of furan rings is 1. The van der Waals surface area contributed by atoms with Crippen LogP contribution in [0.2, 0.25) is 0 Å². The van der Waals surface area contributed by atoms with Gasteiger partial charge in [-0.1, -0.05) is 0 Å². The molecule has 0 saturated heterocycles. The number of amides is 1. The van der Waals surface area contributed by atoms with Crippen molar-refractivity contribution < 1.29 is 24.0 Å². The summed E-state index contributed by atoms with van der Waals surface area (Å²) in [6.45, 7) is 1.68. The first-order valence-corrected chi connectivity index (χ1v) is 10.9. The fourth-order valence-electron chi connectivity index (χ4n) is 3.21. The van der Waals surface area contributed by atoms with Gasteiger partial charge in [-0.05, 0) is 81.3 Å². The normalized spacial score (nSPS) is 14.6. The predicted molar refractivity (Wildman–Crippen MR) is 128 cm³/mol. The van der Waals surface area contributed by atoms with Crippen LogP contribution in [0.5, 0.6) is 0 Å². The number of hydrogen-bond donors (Lipinski definition) is 1. The molecule has 0 spiro atoms. The van der Waals surface area contributed by atoms with Crippen molar-refractivity contribution in [3.8, 4) is 11.3 Å². The minimum Gasteiger partial charge on any atom is -0.478 e. The Hall–Kier alpha value is -3.57. The number of carbonyl (C=O) groups excluding carboxylic acids is 1. The summed E-state index contributed by atoms with van der Waals surface area (Å²) in [7, 11) is 0. The molecule has 0 atom stereocenters. The highest BCUT2D eigenvalue weighted by Gasteiger charge is 2.29. The van der Waals surface area contributed by atoms with Crippen molar-refractivity contribution in [2.75, 3.05) is 5.01 Å². The van der Waals surface area contributed by atoms with E-state index >= 15 is 0 Å². The van der Waals surface area contributed by atoms with E-state index in [-0.39, 0.29) is 17.2 Å². The fraction of sp³-hybridized carbons (Fsp3) is 0.0455. The number of carbonyl (C=O) groups is 2. The second-order valence-corrected chi connectivity index (χ2v) is 8.66. The minimum atomic E-state index is -1.06. The Balaban J connectivity index is 1.62. The Morgan fingerprint density at radius 2 is 1.79 bits per heavy atom. The Morgan fingerprint density at radius 3 is 2.36 bits per heavy atom. The highest BCUT2D eigenvalue weighted by Crippen LogP contribution is 2.39. The molecule has 0 unspecified atom stereocenters. The zero-order valence-electron chi connectivity index (χ0n) is 16.8. The standard InChI is InChI=1S/C22H13Br2N3O6/c1-11-16(21(28)26(25-11)13-4-2-12(3-5-13)22(29)30)10-15-6-7-19(33-15)20-17(23)8-14(27(31)32)9-18(20)24/h2-10H,1H3,(H,29,30). The van der Waals surface area contributed by atoms with Gasteiger partial charge in [0, 0.05) is 26.6 Å². The number of carboxylic acids is 1. The molecule has 1 aliphatic rings. The summed E-state index contributed by atoms with van der Waals surface area (Å²) >= 11 is 6.68. The van der Waals surface area contributed by atoms with Crippen LogP contribution in [0.25, 0.3) is 17.4 Å². The maximum absolute atomic E-state index is 12.9. The van der Waals surface area contributed by atoms with Gasteiger partial charge in [0.15, 0.2) is 0 Å². The predicted octanol–water partition coefficient (Wildman–Crippen LogP) is 5.88. The van der Waals surface area contributed by atoms with E-state index in [9.17, 15) is 19.7 Å². The van der Waals surface area contributed by atoms with E-state index in [0.717, 1.165) is 0 Å². The van der Waals surface area contributed by atoms with Gasteiger partial charge in [-0.15, -0.1) is 0 Å². The average Bonchev–Trinajstić information content (AvgIpc) is 3.33. The number of hydrazone groups is 1. The number of anilines is 1. The SMILES string of the molecule is CC1=NN(c2ccc(C(=O)O)cc2)C(=O)C1=Cc1ccc(-c2c(Br)cc([N+](=O)[O-])cc2Br)o1. The van der Waals surface area contributed by atoms with Crippen LogP contribution in [0.15, 0.2) is 72.6 Å². The Kier molecular flexibility index (Phi) is 6.00. The van der Waals surface area contributed by atoms with Gasteiger partial charge in [0.1, 0.15) is 11.5 Å². The van der Waals surface area contributed by atoms with Crippen LogP contribution in [-0.4, -0.2) is 27.6 Å². The summed E-state index contributed by atoms with van der Waals surface area (Å²) < 4.78 is 6.83. The molecule has 1 aliphatic heterocycles. The van der Waals surface area contributed by atoms with Crippen molar-refractivity contribution in [2.45, 2.75) is 6.92 Å². The highest BCUT2D eigenvalue weighted by molar-refractivity contribution is 9.11. The third-order valence-electron chi connectivity index (χ3n) is 4.82. The number of rotatable bonds is 5. The second-order valence-electron chi connectivity index (χ2n) is 6.96. The maximum Gasteiger partial charge on any atom is 0.335 e. The van der Waals surface area contributed by atoms with Gasteiger partial charge >= 0.3 is 5.97 Å². The Labute approximate surface area is 203 Å². The molecule has 0 fully saturated rings. The number of nitro groups is 1. The van der Waals surface area contributed by atoms with E-state index in [4.69, 9.17) is 9.52 Å². The summed E-state index contributed by atoms with van der Waals surface area (Å²) in [4.78, 5) is 34.5. The first-order chi connectivity index (χ1) is 15.7. The molecule has 9 nitrogen and oxygen atoms in total. The van der Waals surface area contributed by atoms with Crippen molar-refractivity contribution in [2.24, 2.45) is 5.10 Å². The van der Waals surface area contributed by atoms with Crippen LogP contribution in [0.3, 0.4) is 0 Å². The minimum absolute atomic E-state index is 0.0775. The average molecular weight is 575 g/mol. The van der Waals surface area contributed by atoms with Gasteiger partial charge in [-0.3, -0.25) is 14.9 Å². The van der Waals surface area contributed by atoms with E-state index in [1.165, 1.54) is 41.4 Å². The van der Waals surface area contributed by atoms with Crippen LogP contribution < -0.4 is 5.01 Å². The molecular weight excluding hydrogens is 562 g/mol. The molecule has 0 radical (unpaired) electrons. The van der Waals surface area contributed by atoms with Gasteiger partial charge < -0.3 is 9.52 Å². The summed E-state index contributed by atoms with van der Waals surface area (Å²) in [6.07, 6.45) is 1.56. The molecule has 0 bridgehead atoms. The zero-order chi connectivity index (χ0) is 23.9. The summed E-state index contributed by atoms with van der Waals surface area (Å²) in [5.41, 5.74) is 1.85. The lowest BCUT2D eigenvalue weighted by molar-refractivity contribution is -0.385. The van der Waals surface area contributed by atoms with Gasteiger partial charge in [-0.2, -0.15) is 10.1 Å². The molecule has 2 aromatic carbocycles. The lowest BCUT2D eigenvalue weighted by Crippen LogP contribution is -2.21. The maximum atomic E-state index is 12.9. The van der Waals surface area contributed by atoms with Crippen LogP contribution in [-0.2, 0) is 4.79 Å². The van der Waals surface area contributed by atoms with Crippen molar-refractivity contribution >= 4 is 66.9 Å². The van der Waals surface area contributed by atoms with Crippen LogP contribution in [0, 0.1) is 10.1 Å². The molecule has 33 heavy (non-hydrogen) atoms. The van der Waals surface area contributed by atoms with Crippen molar-refractivity contribution in [1.29, 1.82) is 0 Å². The Morgan fingerprint density at radius 1 is 1.15 bits per heavy atom. The number of hydrogen-bond acceptors (Lipinski definition) is 6. The molecular formula is C22H13Br2N3O6. The van der Waals surface area contributed by atoms with E-state index in [1.807, 2.05) is 0 Å². The van der Waals surface area contributed by atoms with Crippen LogP contribution >= 0.6 is 31.9 Å². The lowest BCUT2D eigenvalue weighted by Gasteiger charge is -2.11. The fourth-order valence-corrected chi connectivity index (χ4v) is 4.77. The van der Waals surface area contributed by atoms with Gasteiger partial charge in [0.25, 0.3) is 11.6 Å². The van der Waals surface area contributed by atoms with Gasteiger partial charge in [-0.25, -0.2) is 4.79 Å². The monoisotopic (exact) mass is 573 g/mol. The topological polar surface area (TPSA) is 126 Å². The molecule has 166 valence electrons. The van der Waals surface area contributed by atoms with Crippen molar-refractivity contribution in [1.82, 2.24) is 0 Å². The molecule has 4 rings (SSSR count). The lowest BCUT2D eigenvalue weighted by atomic mass is 10.1. The molecule has 0 saturated carbocycles. The highest BCUT2D eigenvalue weighted by atomic mass is 79.9. The quantitative estimate of drug-likeness (QED) is 0.230. The third kappa shape index (κ3) is 4.37. The summed E-state index contributed by atoms with van der Waals surface area (Å²) in [5, 5.41) is 25.6. The van der Waals surface area contributed by atoms with Crippen LogP contribution in [0.4, 0.5) is 11.4 Å². The molecule has 2 heterocycles. The second kappa shape index (κ2) is 8.75. The molecule has 1 N–H and O–H groups in total. The summed E-state index contributed by atoms with van der Waals surface area (Å²) in [6, 6.07) is 11.9. The van der Waals surface area contributed by atoms with E-state index in [0.29, 0.717) is 43.0 Å². The molecule has 1 aromatic heterocycles. The van der Waals surface area contributed by atoms with Crippen molar-refractivity contribution in [3.63, 3.8) is 0 Å². The molecule has 0 aliphatic carbocycles. The number of carboxylic acid groups (broad SMARTS) is 1. The number of nitro benzene ring substituents is 1. The Bertz CT molecular complexity index is 1350. The van der Waals surface area contributed by atoms with E-state index < -0.39 is 10.9 Å². The summed E-state index contributed by atoms with van der Waals surface area (Å²) in [5.74, 6) is -0.611. The van der Waals surface area contributed by atoms with Crippen LogP contribution in [0.1, 0.15) is 23.0 Å². The number of nitrogens with zero attached hydrogens (tertiary/aromatic N) is 3. The third-order valence-corrected chi connectivity index (χ3v) is 6.07. The molecule has 1 amide bonds. The van der Waals surface area contributed by atoms with Crippen molar-refractivity contribution in [3.05, 3.63) is 84.5 Å².